The van der Waals surface area contributed by atoms with Crippen LogP contribution >= 0.6 is 0 Å². The van der Waals surface area contributed by atoms with Gasteiger partial charge in [-0.2, -0.15) is 5.10 Å². The highest BCUT2D eigenvalue weighted by molar-refractivity contribution is 6.00. The Morgan fingerprint density at radius 2 is 2.27 bits per heavy atom. The molecule has 1 saturated heterocycles. The lowest BCUT2D eigenvalue weighted by molar-refractivity contribution is -0.117. The van der Waals surface area contributed by atoms with Crippen LogP contribution in [0.15, 0.2) is 24.4 Å². The number of carbonyl (C=O) groups is 2. The Hall–Kier alpha value is -3.34. The van der Waals surface area contributed by atoms with Crippen molar-refractivity contribution in [2.45, 2.75) is 19.4 Å². The highest BCUT2D eigenvalue weighted by Crippen LogP contribution is 2.23. The fourth-order valence-electron chi connectivity index (χ4n) is 2.92. The zero-order valence-corrected chi connectivity index (χ0v) is 14.7. The molecule has 0 radical (unpaired) electrons. The predicted molar refractivity (Wildman–Crippen MR) is 97.7 cm³/mol. The van der Waals surface area contributed by atoms with Gasteiger partial charge in [0.1, 0.15) is 17.7 Å². The Balaban J connectivity index is 1.65. The van der Waals surface area contributed by atoms with E-state index in [1.807, 2.05) is 20.0 Å². The number of anilines is 2. The van der Waals surface area contributed by atoms with E-state index >= 15 is 0 Å². The number of aromatic nitrogens is 3. The Morgan fingerprint density at radius 3 is 2.88 bits per heavy atom. The third-order valence-electron chi connectivity index (χ3n) is 4.16. The minimum Gasteiger partial charge on any atom is -0.358 e. The molecule has 1 unspecified atom stereocenters. The molecule has 2 amide bonds. The summed E-state index contributed by atoms with van der Waals surface area (Å²) in [6, 6.07) is 4.85. The minimum atomic E-state index is -0.362. The first-order chi connectivity index (χ1) is 12.5. The molecule has 0 aliphatic carbocycles. The van der Waals surface area contributed by atoms with Gasteiger partial charge in [-0.3, -0.25) is 19.2 Å². The van der Waals surface area contributed by atoms with E-state index in [0.29, 0.717) is 24.3 Å². The van der Waals surface area contributed by atoms with Crippen molar-refractivity contribution in [3.8, 4) is 12.3 Å². The molecule has 26 heavy (non-hydrogen) atoms. The molecule has 0 bridgehead atoms. The molecule has 1 atom stereocenters. The second-order valence-electron chi connectivity index (χ2n) is 6.06. The van der Waals surface area contributed by atoms with Crippen molar-refractivity contribution < 1.29 is 9.59 Å². The monoisotopic (exact) mass is 352 g/mol. The van der Waals surface area contributed by atoms with Crippen LogP contribution in [0.5, 0.6) is 0 Å². The number of pyridine rings is 1. The molecule has 1 aliphatic rings. The van der Waals surface area contributed by atoms with E-state index in [1.165, 1.54) is 6.20 Å². The second kappa shape index (κ2) is 7.27. The molecule has 2 N–H and O–H groups in total. The maximum atomic E-state index is 12.7. The highest BCUT2D eigenvalue weighted by atomic mass is 16.2. The van der Waals surface area contributed by atoms with Gasteiger partial charge in [-0.05, 0) is 25.5 Å². The summed E-state index contributed by atoms with van der Waals surface area (Å²) in [6.07, 6.45) is 7.23. The lowest BCUT2D eigenvalue weighted by atomic mass is 10.2. The Labute approximate surface area is 151 Å². The van der Waals surface area contributed by atoms with Gasteiger partial charge in [-0.25, -0.2) is 4.98 Å². The fraction of sp³-hybridized carbons (Fsp3) is 0.333. The quantitative estimate of drug-likeness (QED) is 0.773. The number of nitrogens with zero attached hydrogens (tertiary/aromatic N) is 4. The SMILES string of the molecule is C#CCNC(=O)c1ccc(NC2CCN(c3cc(C)nn3C)C2=O)nc1. The number of hydrogen-bond acceptors (Lipinski definition) is 5. The molecule has 1 aliphatic heterocycles. The summed E-state index contributed by atoms with van der Waals surface area (Å²) in [4.78, 5) is 30.4. The first kappa shape index (κ1) is 17.5. The first-order valence-corrected chi connectivity index (χ1v) is 8.26. The van der Waals surface area contributed by atoms with Crippen molar-refractivity contribution in [3.63, 3.8) is 0 Å². The zero-order valence-electron chi connectivity index (χ0n) is 14.7. The molecule has 2 aromatic heterocycles. The fourth-order valence-corrected chi connectivity index (χ4v) is 2.92. The van der Waals surface area contributed by atoms with Crippen LogP contribution < -0.4 is 15.5 Å². The average molecular weight is 352 g/mol. The van der Waals surface area contributed by atoms with Crippen molar-refractivity contribution in [2.24, 2.45) is 7.05 Å². The number of amides is 2. The van der Waals surface area contributed by atoms with Crippen LogP contribution in [-0.4, -0.2) is 45.7 Å². The summed E-state index contributed by atoms with van der Waals surface area (Å²) < 4.78 is 1.71. The van der Waals surface area contributed by atoms with E-state index in [1.54, 1.807) is 21.7 Å². The molecule has 1 fully saturated rings. The van der Waals surface area contributed by atoms with E-state index in [4.69, 9.17) is 6.42 Å². The second-order valence-corrected chi connectivity index (χ2v) is 6.06. The number of rotatable bonds is 5. The van der Waals surface area contributed by atoms with Gasteiger partial charge in [0.05, 0.1) is 17.8 Å². The summed E-state index contributed by atoms with van der Waals surface area (Å²) in [6.45, 7) is 2.67. The van der Waals surface area contributed by atoms with Crippen LogP contribution in [0.4, 0.5) is 11.6 Å². The molecule has 3 heterocycles. The smallest absolute Gasteiger partial charge is 0.253 e. The normalized spacial score (nSPS) is 16.4. The van der Waals surface area contributed by atoms with E-state index < -0.39 is 0 Å². The third-order valence-corrected chi connectivity index (χ3v) is 4.16. The number of carbonyl (C=O) groups excluding carboxylic acids is 2. The highest BCUT2D eigenvalue weighted by Gasteiger charge is 2.34. The number of hydrogen-bond donors (Lipinski definition) is 2. The largest absolute Gasteiger partial charge is 0.358 e. The van der Waals surface area contributed by atoms with E-state index in [0.717, 1.165) is 11.5 Å². The summed E-state index contributed by atoms with van der Waals surface area (Å²) >= 11 is 0. The molecule has 0 aromatic carbocycles. The van der Waals surface area contributed by atoms with Gasteiger partial charge < -0.3 is 10.6 Å². The van der Waals surface area contributed by atoms with E-state index in [2.05, 4.69) is 26.6 Å². The zero-order chi connectivity index (χ0) is 18.7. The van der Waals surface area contributed by atoms with E-state index in [-0.39, 0.29) is 24.4 Å². The molecule has 0 saturated carbocycles. The molecule has 134 valence electrons. The van der Waals surface area contributed by atoms with Crippen molar-refractivity contribution in [3.05, 3.63) is 35.7 Å². The summed E-state index contributed by atoms with van der Waals surface area (Å²) in [7, 11) is 1.82. The summed E-state index contributed by atoms with van der Waals surface area (Å²) in [5.41, 5.74) is 1.28. The molecule has 8 heteroatoms. The van der Waals surface area contributed by atoms with Gasteiger partial charge in [0.15, 0.2) is 0 Å². The number of terminal acetylenes is 1. The van der Waals surface area contributed by atoms with Gasteiger partial charge in [-0.15, -0.1) is 6.42 Å². The Kier molecular flexibility index (Phi) is 4.89. The third kappa shape index (κ3) is 3.52. The molecule has 8 nitrogen and oxygen atoms in total. The van der Waals surface area contributed by atoms with E-state index in [9.17, 15) is 9.59 Å². The van der Waals surface area contributed by atoms with Gasteiger partial charge in [0.25, 0.3) is 11.8 Å². The van der Waals surface area contributed by atoms with Crippen molar-refractivity contribution in [2.75, 3.05) is 23.3 Å². The average Bonchev–Trinajstić information content (AvgIpc) is 3.15. The lowest BCUT2D eigenvalue weighted by Crippen LogP contribution is -2.34. The minimum absolute atomic E-state index is 0.0226. The number of nitrogens with one attached hydrogen (secondary N) is 2. The number of aryl methyl sites for hydroxylation is 2. The molecule has 2 aromatic rings. The lowest BCUT2D eigenvalue weighted by Gasteiger charge is -2.17. The van der Waals surface area contributed by atoms with Gasteiger partial charge in [0.2, 0.25) is 0 Å². The van der Waals surface area contributed by atoms with Gasteiger partial charge >= 0.3 is 0 Å². The van der Waals surface area contributed by atoms with Crippen LogP contribution in [0.25, 0.3) is 0 Å². The summed E-state index contributed by atoms with van der Waals surface area (Å²) in [5, 5.41) is 9.99. The van der Waals surface area contributed by atoms with Crippen LogP contribution in [0.2, 0.25) is 0 Å². The van der Waals surface area contributed by atoms with Crippen molar-refractivity contribution >= 4 is 23.5 Å². The Morgan fingerprint density at radius 1 is 1.46 bits per heavy atom. The maximum absolute atomic E-state index is 12.7. The van der Waals surface area contributed by atoms with Crippen LogP contribution in [0.3, 0.4) is 0 Å². The van der Waals surface area contributed by atoms with Crippen molar-refractivity contribution in [1.29, 1.82) is 0 Å². The van der Waals surface area contributed by atoms with Crippen LogP contribution in [0.1, 0.15) is 22.5 Å². The molecular weight excluding hydrogens is 332 g/mol. The van der Waals surface area contributed by atoms with Crippen molar-refractivity contribution in [1.82, 2.24) is 20.1 Å². The van der Waals surface area contributed by atoms with Gasteiger partial charge in [0, 0.05) is 25.9 Å². The standard InChI is InChI=1S/C18H20N6O2/c1-4-8-19-17(25)13-5-6-15(20-11-13)21-14-7-9-24(18(14)26)16-10-12(2)22-23(16)3/h1,5-6,10-11,14H,7-9H2,2-3H3,(H,19,25)(H,20,21). The molecule has 3 rings (SSSR count). The molecule has 0 spiro atoms. The topological polar surface area (TPSA) is 92.2 Å². The predicted octanol–water partition coefficient (Wildman–Crippen LogP) is 0.704. The Bertz CT molecular complexity index is 865. The van der Waals surface area contributed by atoms with Gasteiger partial charge in [-0.1, -0.05) is 5.92 Å². The summed E-state index contributed by atoms with van der Waals surface area (Å²) in [5.74, 6) is 3.36. The molecular formula is C18H20N6O2. The maximum Gasteiger partial charge on any atom is 0.253 e. The first-order valence-electron chi connectivity index (χ1n) is 8.26. The van der Waals surface area contributed by atoms with Crippen LogP contribution in [0, 0.1) is 19.3 Å². The van der Waals surface area contributed by atoms with Crippen LogP contribution in [-0.2, 0) is 11.8 Å².